The van der Waals surface area contributed by atoms with Gasteiger partial charge < -0.3 is 10.2 Å². The Labute approximate surface area is 127 Å². The Morgan fingerprint density at radius 3 is 2.18 bits per heavy atom. The van der Waals surface area contributed by atoms with E-state index in [2.05, 4.69) is 5.32 Å². The van der Waals surface area contributed by atoms with Crippen LogP contribution >= 0.6 is 0 Å². The largest absolute Gasteiger partial charge is 0.355 e. The number of carbonyl (C=O) groups excluding carboxylic acids is 4. The highest BCUT2D eigenvalue weighted by Crippen LogP contribution is 2.23. The van der Waals surface area contributed by atoms with E-state index in [1.807, 2.05) is 6.92 Å². The van der Waals surface area contributed by atoms with Crippen LogP contribution in [0, 0.1) is 0 Å². The van der Waals surface area contributed by atoms with Crippen LogP contribution in [0.1, 0.15) is 47.4 Å². The molecule has 1 aromatic rings. The molecule has 0 fully saturated rings. The molecule has 0 bridgehead atoms. The van der Waals surface area contributed by atoms with E-state index < -0.39 is 29.7 Å². The van der Waals surface area contributed by atoms with Crippen LogP contribution in [0.15, 0.2) is 24.3 Å². The van der Waals surface area contributed by atoms with Crippen LogP contribution in [0.4, 0.5) is 0 Å². The van der Waals surface area contributed by atoms with E-state index in [0.717, 1.165) is 0 Å². The van der Waals surface area contributed by atoms with Crippen molar-refractivity contribution in [2.24, 2.45) is 0 Å². The third kappa shape index (κ3) is 2.98. The number of nitrogens with zero attached hydrogens (tertiary/aromatic N) is 1. The molecule has 2 rings (SSSR count). The zero-order valence-corrected chi connectivity index (χ0v) is 12.3. The van der Waals surface area contributed by atoms with Gasteiger partial charge in [-0.1, -0.05) is 30.5 Å². The molecule has 0 aromatic heterocycles. The molecule has 7 nitrogen and oxygen atoms in total. The van der Waals surface area contributed by atoms with Crippen molar-refractivity contribution in [2.45, 2.75) is 32.7 Å². The van der Waals surface area contributed by atoms with E-state index in [1.165, 1.54) is 19.1 Å². The van der Waals surface area contributed by atoms with Gasteiger partial charge in [-0.2, -0.15) is 0 Å². The first-order valence-corrected chi connectivity index (χ1v) is 6.92. The molecule has 1 unspecified atom stereocenters. The predicted octanol–water partition coefficient (Wildman–Crippen LogP) is 1.05. The smallest absolute Gasteiger partial charge is 0.343 e. The number of nitrogens with one attached hydrogen (secondary N) is 1. The molecule has 1 aliphatic rings. The molecule has 0 saturated carbocycles. The minimum atomic E-state index is -0.896. The van der Waals surface area contributed by atoms with Gasteiger partial charge >= 0.3 is 5.97 Å². The van der Waals surface area contributed by atoms with Gasteiger partial charge in [0.05, 0.1) is 11.1 Å². The molecule has 3 amide bonds. The van der Waals surface area contributed by atoms with Crippen molar-refractivity contribution in [1.82, 2.24) is 10.4 Å². The highest BCUT2D eigenvalue weighted by Gasteiger charge is 2.39. The first-order chi connectivity index (χ1) is 10.5. The van der Waals surface area contributed by atoms with Crippen molar-refractivity contribution in [3.63, 3.8) is 0 Å². The second kappa shape index (κ2) is 6.38. The fraction of sp³-hybridized carbons (Fsp3) is 0.333. The quantitative estimate of drug-likeness (QED) is 0.821. The molecule has 22 heavy (non-hydrogen) atoms. The van der Waals surface area contributed by atoms with E-state index in [4.69, 9.17) is 4.84 Å². The molecule has 116 valence electrons. The molecule has 1 N–H and O–H groups in total. The summed E-state index contributed by atoms with van der Waals surface area (Å²) >= 11 is 0. The van der Waals surface area contributed by atoms with Gasteiger partial charge in [-0.3, -0.25) is 14.4 Å². The van der Waals surface area contributed by atoms with Crippen LogP contribution in [0.2, 0.25) is 0 Å². The summed E-state index contributed by atoms with van der Waals surface area (Å²) in [7, 11) is 0. The Hall–Kier alpha value is -2.70. The number of imide groups is 1. The van der Waals surface area contributed by atoms with Gasteiger partial charge in [-0.15, -0.1) is 0 Å². The van der Waals surface area contributed by atoms with E-state index in [1.54, 1.807) is 12.1 Å². The van der Waals surface area contributed by atoms with Crippen molar-refractivity contribution in [2.75, 3.05) is 0 Å². The van der Waals surface area contributed by atoms with Gasteiger partial charge in [0.15, 0.2) is 0 Å². The number of rotatable bonds is 5. The molecular weight excluding hydrogens is 288 g/mol. The number of hydrogen-bond donors (Lipinski definition) is 1. The van der Waals surface area contributed by atoms with Crippen LogP contribution < -0.4 is 5.32 Å². The van der Waals surface area contributed by atoms with E-state index >= 15 is 0 Å². The van der Waals surface area contributed by atoms with Gasteiger partial charge in [0, 0.05) is 6.92 Å². The third-order valence-corrected chi connectivity index (χ3v) is 3.18. The molecule has 1 heterocycles. The predicted molar refractivity (Wildman–Crippen MR) is 75.5 cm³/mol. The van der Waals surface area contributed by atoms with Crippen molar-refractivity contribution in [1.29, 1.82) is 0 Å². The van der Waals surface area contributed by atoms with Gasteiger partial charge in [0.2, 0.25) is 5.91 Å². The zero-order chi connectivity index (χ0) is 16.3. The molecule has 1 aliphatic heterocycles. The Balaban J connectivity index is 2.14. The maximum atomic E-state index is 12.1. The summed E-state index contributed by atoms with van der Waals surface area (Å²) in [5, 5.41) is 2.88. The van der Waals surface area contributed by atoms with Crippen LogP contribution in [0.25, 0.3) is 0 Å². The molecule has 7 heteroatoms. The third-order valence-electron chi connectivity index (χ3n) is 3.18. The summed E-state index contributed by atoms with van der Waals surface area (Å²) in [6.45, 7) is 3.11. The minimum Gasteiger partial charge on any atom is -0.343 e. The lowest BCUT2D eigenvalue weighted by atomic mass is 10.1. The maximum absolute atomic E-state index is 12.1. The van der Waals surface area contributed by atoms with E-state index in [0.29, 0.717) is 17.9 Å². The fourth-order valence-corrected chi connectivity index (χ4v) is 2.19. The van der Waals surface area contributed by atoms with E-state index in [-0.39, 0.29) is 11.1 Å². The zero-order valence-electron chi connectivity index (χ0n) is 12.3. The van der Waals surface area contributed by atoms with Gasteiger partial charge in [0.1, 0.15) is 6.04 Å². The maximum Gasteiger partial charge on any atom is 0.355 e. The Kier molecular flexibility index (Phi) is 4.55. The Morgan fingerprint density at radius 1 is 1.18 bits per heavy atom. The highest BCUT2D eigenvalue weighted by molar-refractivity contribution is 6.20. The minimum absolute atomic E-state index is 0.187. The van der Waals surface area contributed by atoms with Gasteiger partial charge in [-0.25, -0.2) is 4.79 Å². The highest BCUT2D eigenvalue weighted by atomic mass is 16.7. The summed E-state index contributed by atoms with van der Waals surface area (Å²) in [5.74, 6) is -2.61. The molecule has 0 saturated heterocycles. The fourth-order valence-electron chi connectivity index (χ4n) is 2.19. The van der Waals surface area contributed by atoms with Crippen molar-refractivity contribution >= 4 is 23.7 Å². The SMILES string of the molecule is CCCC(NC(C)=O)C(=O)ON1C(=O)c2ccccc2C1=O. The topological polar surface area (TPSA) is 92.8 Å². The lowest BCUT2D eigenvalue weighted by Gasteiger charge is -2.19. The first kappa shape index (κ1) is 15.7. The second-order valence-corrected chi connectivity index (χ2v) is 4.90. The monoisotopic (exact) mass is 304 g/mol. The number of carbonyl (C=O) groups is 4. The molecule has 0 aliphatic carbocycles. The molecule has 0 spiro atoms. The molecule has 1 aromatic carbocycles. The van der Waals surface area contributed by atoms with Crippen LogP contribution in [0.5, 0.6) is 0 Å². The number of benzene rings is 1. The second-order valence-electron chi connectivity index (χ2n) is 4.90. The van der Waals surface area contributed by atoms with Gasteiger partial charge in [0.25, 0.3) is 11.8 Å². The van der Waals surface area contributed by atoms with Crippen LogP contribution in [0.3, 0.4) is 0 Å². The normalized spacial score (nSPS) is 14.5. The summed E-state index contributed by atoms with van der Waals surface area (Å²) in [5.41, 5.74) is 0.374. The number of amides is 3. The lowest BCUT2D eigenvalue weighted by Crippen LogP contribution is -2.44. The Morgan fingerprint density at radius 2 is 1.73 bits per heavy atom. The van der Waals surface area contributed by atoms with Crippen molar-refractivity contribution in [3.8, 4) is 0 Å². The summed E-state index contributed by atoms with van der Waals surface area (Å²) in [4.78, 5) is 52.3. The van der Waals surface area contributed by atoms with Crippen LogP contribution in [-0.4, -0.2) is 34.8 Å². The van der Waals surface area contributed by atoms with Crippen molar-refractivity contribution in [3.05, 3.63) is 35.4 Å². The number of hydrogen-bond acceptors (Lipinski definition) is 5. The average molecular weight is 304 g/mol. The summed E-state index contributed by atoms with van der Waals surface area (Å²) in [6.07, 6.45) is 0.976. The lowest BCUT2D eigenvalue weighted by molar-refractivity contribution is -0.172. The first-order valence-electron chi connectivity index (χ1n) is 6.92. The molecule has 1 atom stereocenters. The Bertz CT molecular complexity index is 606. The number of hydroxylamine groups is 2. The van der Waals surface area contributed by atoms with E-state index in [9.17, 15) is 19.2 Å². The molecular formula is C15H16N2O5. The van der Waals surface area contributed by atoms with Crippen LogP contribution in [-0.2, 0) is 14.4 Å². The average Bonchev–Trinajstić information content (AvgIpc) is 2.72. The van der Waals surface area contributed by atoms with Gasteiger partial charge in [-0.05, 0) is 18.6 Å². The summed E-state index contributed by atoms with van der Waals surface area (Å²) < 4.78 is 0. The standard InChI is InChI=1S/C15H16N2O5/c1-3-6-12(16-9(2)18)15(21)22-17-13(19)10-7-4-5-8-11(10)14(17)20/h4-5,7-8,12H,3,6H2,1-2H3,(H,16,18). The summed E-state index contributed by atoms with van der Waals surface area (Å²) in [6, 6.07) is 5.31. The number of fused-ring (bicyclic) bond motifs is 1. The molecule has 0 radical (unpaired) electrons. The van der Waals surface area contributed by atoms with Crippen molar-refractivity contribution < 1.29 is 24.0 Å².